The summed E-state index contributed by atoms with van der Waals surface area (Å²) >= 11 is 0. The Morgan fingerprint density at radius 2 is 1.91 bits per heavy atom. The van der Waals surface area contributed by atoms with Crippen LogP contribution < -0.4 is 5.73 Å². The summed E-state index contributed by atoms with van der Waals surface area (Å²) in [6, 6.07) is 10.1. The van der Waals surface area contributed by atoms with E-state index in [0.29, 0.717) is 30.0 Å². The van der Waals surface area contributed by atoms with Gasteiger partial charge in [-0.25, -0.2) is 0 Å². The van der Waals surface area contributed by atoms with Gasteiger partial charge in [0.05, 0.1) is 0 Å². The van der Waals surface area contributed by atoms with Crippen molar-refractivity contribution in [1.82, 2.24) is 0 Å². The van der Waals surface area contributed by atoms with Crippen LogP contribution in [0.2, 0.25) is 0 Å². The first-order valence-corrected chi connectivity index (χ1v) is 8.82. The van der Waals surface area contributed by atoms with E-state index in [9.17, 15) is 4.79 Å². The second-order valence-electron chi connectivity index (χ2n) is 7.45. The van der Waals surface area contributed by atoms with Crippen molar-refractivity contribution in [2.45, 2.75) is 58.9 Å². The van der Waals surface area contributed by atoms with Crippen LogP contribution >= 0.6 is 0 Å². The fourth-order valence-corrected chi connectivity index (χ4v) is 3.92. The van der Waals surface area contributed by atoms with Crippen LogP contribution in [0.5, 0.6) is 0 Å². The van der Waals surface area contributed by atoms with Crippen molar-refractivity contribution in [1.29, 1.82) is 0 Å². The SMILES string of the molecule is CC(C)[C@@H]1CC[C@@H](C)C[C@H]1C(=O)CC[C@H](N)c1ccccc1. The first kappa shape index (κ1) is 17.2. The number of ketones is 1. The van der Waals surface area contributed by atoms with Gasteiger partial charge >= 0.3 is 0 Å². The van der Waals surface area contributed by atoms with Crippen LogP contribution in [0, 0.1) is 23.7 Å². The van der Waals surface area contributed by atoms with Crippen molar-refractivity contribution < 1.29 is 4.79 Å². The molecule has 0 saturated heterocycles. The van der Waals surface area contributed by atoms with Gasteiger partial charge in [-0.15, -0.1) is 0 Å². The molecule has 1 aromatic rings. The molecule has 0 heterocycles. The van der Waals surface area contributed by atoms with Crippen LogP contribution in [0.25, 0.3) is 0 Å². The smallest absolute Gasteiger partial charge is 0.136 e. The minimum Gasteiger partial charge on any atom is -0.324 e. The lowest BCUT2D eigenvalue weighted by molar-refractivity contribution is -0.127. The van der Waals surface area contributed by atoms with Crippen LogP contribution in [-0.4, -0.2) is 5.78 Å². The van der Waals surface area contributed by atoms with E-state index in [1.165, 1.54) is 12.8 Å². The Bertz CT molecular complexity index is 468. The second kappa shape index (κ2) is 7.92. The minimum atomic E-state index is -0.0244. The van der Waals surface area contributed by atoms with E-state index in [-0.39, 0.29) is 12.0 Å². The predicted octanol–water partition coefficient (Wildman–Crippen LogP) is 4.74. The topological polar surface area (TPSA) is 43.1 Å². The molecule has 2 N–H and O–H groups in total. The summed E-state index contributed by atoms with van der Waals surface area (Å²) in [5.74, 6) is 2.55. The molecule has 0 aliphatic heterocycles. The molecular formula is C20H31NO. The van der Waals surface area contributed by atoms with Gasteiger partial charge in [0.2, 0.25) is 0 Å². The number of carbonyl (C=O) groups is 1. The number of benzene rings is 1. The van der Waals surface area contributed by atoms with Crippen molar-refractivity contribution in [2.24, 2.45) is 29.4 Å². The van der Waals surface area contributed by atoms with E-state index in [1.54, 1.807) is 0 Å². The summed E-state index contributed by atoms with van der Waals surface area (Å²) in [5, 5.41) is 0. The molecule has 2 rings (SSSR count). The number of hydrogen-bond acceptors (Lipinski definition) is 2. The maximum Gasteiger partial charge on any atom is 0.136 e. The van der Waals surface area contributed by atoms with Gasteiger partial charge in [-0.3, -0.25) is 4.79 Å². The lowest BCUT2D eigenvalue weighted by Crippen LogP contribution is -2.33. The molecule has 0 amide bonds. The highest BCUT2D eigenvalue weighted by Gasteiger charge is 2.34. The molecule has 0 spiro atoms. The van der Waals surface area contributed by atoms with Gasteiger partial charge in [-0.05, 0) is 42.6 Å². The van der Waals surface area contributed by atoms with Gasteiger partial charge in [0, 0.05) is 18.4 Å². The Balaban J connectivity index is 1.92. The molecule has 4 atom stereocenters. The van der Waals surface area contributed by atoms with Crippen molar-refractivity contribution in [3.63, 3.8) is 0 Å². The van der Waals surface area contributed by atoms with E-state index in [2.05, 4.69) is 32.9 Å². The standard InChI is InChI=1S/C20H31NO/c1-14(2)17-10-9-15(3)13-18(17)20(22)12-11-19(21)16-7-5-4-6-8-16/h4-8,14-15,17-19H,9-13,21H2,1-3H3/t15-,17+,18-,19+/m1/s1. The molecule has 2 heteroatoms. The number of Topliss-reactive ketones (excluding diaryl/α,β-unsaturated/α-hetero) is 1. The van der Waals surface area contributed by atoms with E-state index >= 15 is 0 Å². The Labute approximate surface area is 135 Å². The molecule has 1 fully saturated rings. The average Bonchev–Trinajstić information content (AvgIpc) is 2.52. The van der Waals surface area contributed by atoms with Crippen LogP contribution in [0.1, 0.15) is 64.5 Å². The van der Waals surface area contributed by atoms with Crippen molar-refractivity contribution >= 4 is 5.78 Å². The average molecular weight is 301 g/mol. The summed E-state index contributed by atoms with van der Waals surface area (Å²) in [7, 11) is 0. The zero-order valence-electron chi connectivity index (χ0n) is 14.3. The zero-order valence-corrected chi connectivity index (χ0v) is 14.3. The van der Waals surface area contributed by atoms with Gasteiger partial charge in [0.25, 0.3) is 0 Å². The number of hydrogen-bond donors (Lipinski definition) is 1. The van der Waals surface area contributed by atoms with Gasteiger partial charge < -0.3 is 5.73 Å². The molecule has 1 aliphatic carbocycles. The Kier molecular flexibility index (Phi) is 6.19. The third-order valence-electron chi connectivity index (χ3n) is 5.37. The molecule has 0 unspecified atom stereocenters. The van der Waals surface area contributed by atoms with Crippen molar-refractivity contribution in [3.05, 3.63) is 35.9 Å². The Hall–Kier alpha value is -1.15. The van der Waals surface area contributed by atoms with E-state index in [1.807, 2.05) is 18.2 Å². The Morgan fingerprint density at radius 1 is 1.23 bits per heavy atom. The summed E-state index contributed by atoms with van der Waals surface area (Å²) in [6.45, 7) is 6.81. The fourth-order valence-electron chi connectivity index (χ4n) is 3.92. The van der Waals surface area contributed by atoms with Gasteiger partial charge in [0.1, 0.15) is 5.78 Å². The largest absolute Gasteiger partial charge is 0.324 e. The molecule has 2 nitrogen and oxygen atoms in total. The molecule has 22 heavy (non-hydrogen) atoms. The minimum absolute atomic E-state index is 0.0244. The second-order valence-corrected chi connectivity index (χ2v) is 7.45. The summed E-state index contributed by atoms with van der Waals surface area (Å²) in [4.78, 5) is 12.7. The summed E-state index contributed by atoms with van der Waals surface area (Å²) < 4.78 is 0. The summed E-state index contributed by atoms with van der Waals surface area (Å²) in [5.41, 5.74) is 7.37. The first-order valence-electron chi connectivity index (χ1n) is 8.82. The molecule has 122 valence electrons. The monoisotopic (exact) mass is 301 g/mol. The molecule has 0 aromatic heterocycles. The van der Waals surface area contributed by atoms with Crippen LogP contribution in [0.4, 0.5) is 0 Å². The third kappa shape index (κ3) is 4.42. The first-order chi connectivity index (χ1) is 10.5. The molecular weight excluding hydrogens is 270 g/mol. The maximum absolute atomic E-state index is 12.7. The normalized spacial score (nSPS) is 26.9. The number of nitrogens with two attached hydrogens (primary N) is 1. The predicted molar refractivity (Wildman–Crippen MR) is 92.4 cm³/mol. The lowest BCUT2D eigenvalue weighted by atomic mass is 9.68. The highest BCUT2D eigenvalue weighted by atomic mass is 16.1. The molecule has 1 saturated carbocycles. The zero-order chi connectivity index (χ0) is 16.1. The van der Waals surface area contributed by atoms with Crippen LogP contribution in [-0.2, 0) is 4.79 Å². The van der Waals surface area contributed by atoms with Crippen molar-refractivity contribution in [3.8, 4) is 0 Å². The Morgan fingerprint density at radius 3 is 2.55 bits per heavy atom. The highest BCUT2D eigenvalue weighted by Crippen LogP contribution is 2.39. The van der Waals surface area contributed by atoms with E-state index in [4.69, 9.17) is 5.73 Å². The van der Waals surface area contributed by atoms with E-state index in [0.717, 1.165) is 18.4 Å². The molecule has 0 radical (unpaired) electrons. The lowest BCUT2D eigenvalue weighted by Gasteiger charge is -2.36. The van der Waals surface area contributed by atoms with Gasteiger partial charge in [-0.2, -0.15) is 0 Å². The van der Waals surface area contributed by atoms with Gasteiger partial charge in [0.15, 0.2) is 0 Å². The molecule has 0 bridgehead atoms. The third-order valence-corrected chi connectivity index (χ3v) is 5.37. The van der Waals surface area contributed by atoms with Gasteiger partial charge in [-0.1, -0.05) is 57.5 Å². The summed E-state index contributed by atoms with van der Waals surface area (Å²) in [6.07, 6.45) is 4.94. The van der Waals surface area contributed by atoms with Crippen LogP contribution in [0.15, 0.2) is 30.3 Å². The molecule has 1 aromatic carbocycles. The van der Waals surface area contributed by atoms with Crippen molar-refractivity contribution in [2.75, 3.05) is 0 Å². The molecule has 1 aliphatic rings. The number of carbonyl (C=O) groups excluding carboxylic acids is 1. The fraction of sp³-hybridized carbons (Fsp3) is 0.650. The quantitative estimate of drug-likeness (QED) is 0.824. The number of rotatable bonds is 6. The van der Waals surface area contributed by atoms with E-state index < -0.39 is 0 Å². The maximum atomic E-state index is 12.7. The highest BCUT2D eigenvalue weighted by molar-refractivity contribution is 5.81. The van der Waals surface area contributed by atoms with Crippen LogP contribution in [0.3, 0.4) is 0 Å².